The van der Waals surface area contributed by atoms with Gasteiger partial charge in [0.1, 0.15) is 5.82 Å². The highest BCUT2D eigenvalue weighted by atomic mass is 19.1. The second kappa shape index (κ2) is 7.50. The minimum Gasteiger partial charge on any atom is -0.294 e. The monoisotopic (exact) mass is 413 g/mol. The standard InChI is InChI=1S/C24H20FN5O/c1-13-3-8-20-18(9-13)14(2)27-24(28-20)30-23-26-12-19-21(29-23)10-16(11-22(19)31)15-4-6-17(25)7-5-15/h3-9,12,16H,10-11H2,1-2H3,(H,26,27,28,29,30). The molecule has 7 heteroatoms. The molecule has 0 fully saturated rings. The number of ketones is 1. The van der Waals surface area contributed by atoms with Gasteiger partial charge in [-0.1, -0.05) is 23.8 Å². The van der Waals surface area contributed by atoms with Gasteiger partial charge in [0.05, 0.1) is 22.5 Å². The van der Waals surface area contributed by atoms with E-state index in [-0.39, 0.29) is 17.5 Å². The summed E-state index contributed by atoms with van der Waals surface area (Å²) in [6.45, 7) is 3.97. The van der Waals surface area contributed by atoms with Crippen molar-refractivity contribution in [2.24, 2.45) is 0 Å². The Morgan fingerprint density at radius 3 is 2.58 bits per heavy atom. The van der Waals surface area contributed by atoms with Gasteiger partial charge in [-0.05, 0) is 56.0 Å². The number of Topliss-reactive ketones (excluding diaryl/α,β-unsaturated/α-hetero) is 1. The van der Waals surface area contributed by atoms with Gasteiger partial charge in [0.25, 0.3) is 0 Å². The van der Waals surface area contributed by atoms with Gasteiger partial charge >= 0.3 is 0 Å². The summed E-state index contributed by atoms with van der Waals surface area (Å²) in [5, 5.41) is 4.08. The molecule has 2 aromatic carbocycles. The molecule has 0 aliphatic heterocycles. The lowest BCUT2D eigenvalue weighted by Gasteiger charge is -2.23. The van der Waals surface area contributed by atoms with Crippen molar-refractivity contribution in [3.8, 4) is 0 Å². The Hall–Kier alpha value is -3.74. The molecule has 1 aliphatic carbocycles. The average Bonchev–Trinajstić information content (AvgIpc) is 2.74. The first-order valence-electron chi connectivity index (χ1n) is 10.1. The predicted octanol–water partition coefficient (Wildman–Crippen LogP) is 4.83. The molecule has 0 saturated heterocycles. The largest absolute Gasteiger partial charge is 0.294 e. The number of fused-ring (bicyclic) bond motifs is 2. The molecule has 2 heterocycles. The lowest BCUT2D eigenvalue weighted by atomic mass is 9.82. The normalized spacial score (nSPS) is 15.7. The fourth-order valence-electron chi connectivity index (χ4n) is 4.03. The molecule has 1 N–H and O–H groups in total. The topological polar surface area (TPSA) is 80.7 Å². The smallest absolute Gasteiger partial charge is 0.230 e. The molecule has 0 radical (unpaired) electrons. The summed E-state index contributed by atoms with van der Waals surface area (Å²) in [5.41, 5.74) is 4.99. The first kappa shape index (κ1) is 19.2. The molecule has 1 unspecified atom stereocenters. The third-order valence-corrected chi connectivity index (χ3v) is 5.65. The van der Waals surface area contributed by atoms with Crippen molar-refractivity contribution in [1.82, 2.24) is 19.9 Å². The van der Waals surface area contributed by atoms with Crippen molar-refractivity contribution < 1.29 is 9.18 Å². The lowest BCUT2D eigenvalue weighted by molar-refractivity contribution is 0.0962. The van der Waals surface area contributed by atoms with Gasteiger partial charge < -0.3 is 0 Å². The molecule has 0 bridgehead atoms. The molecule has 0 spiro atoms. The van der Waals surface area contributed by atoms with Crippen molar-refractivity contribution in [2.75, 3.05) is 5.32 Å². The Bertz CT molecular complexity index is 1320. The van der Waals surface area contributed by atoms with Gasteiger partial charge in [0.15, 0.2) is 5.78 Å². The number of benzene rings is 2. The number of aryl methyl sites for hydroxylation is 2. The SMILES string of the molecule is Cc1ccc2nc(Nc3ncc4c(n3)CC(c3ccc(F)cc3)CC4=O)nc(C)c2c1. The third kappa shape index (κ3) is 3.74. The van der Waals surface area contributed by atoms with E-state index in [0.717, 1.165) is 27.7 Å². The van der Waals surface area contributed by atoms with E-state index in [2.05, 4.69) is 31.3 Å². The van der Waals surface area contributed by atoms with E-state index in [4.69, 9.17) is 0 Å². The van der Waals surface area contributed by atoms with Crippen LogP contribution in [0, 0.1) is 19.7 Å². The molecule has 1 atom stereocenters. The van der Waals surface area contributed by atoms with Crippen molar-refractivity contribution in [3.05, 3.63) is 82.6 Å². The molecular weight excluding hydrogens is 393 g/mol. The maximum atomic E-state index is 13.3. The number of nitrogens with one attached hydrogen (secondary N) is 1. The van der Waals surface area contributed by atoms with E-state index in [1.165, 1.54) is 12.1 Å². The molecule has 31 heavy (non-hydrogen) atoms. The maximum absolute atomic E-state index is 13.3. The molecule has 5 rings (SSSR count). The van der Waals surface area contributed by atoms with Crippen LogP contribution in [0.15, 0.2) is 48.7 Å². The zero-order valence-electron chi connectivity index (χ0n) is 17.2. The van der Waals surface area contributed by atoms with Gasteiger partial charge in [-0.25, -0.2) is 24.3 Å². The molecule has 1 aliphatic rings. The van der Waals surface area contributed by atoms with Crippen LogP contribution < -0.4 is 5.32 Å². The van der Waals surface area contributed by atoms with E-state index in [1.54, 1.807) is 18.3 Å². The van der Waals surface area contributed by atoms with E-state index >= 15 is 0 Å². The molecule has 0 amide bonds. The fourth-order valence-corrected chi connectivity index (χ4v) is 4.03. The van der Waals surface area contributed by atoms with E-state index in [9.17, 15) is 9.18 Å². The second-order valence-corrected chi connectivity index (χ2v) is 7.91. The molecule has 154 valence electrons. The van der Waals surface area contributed by atoms with Crippen LogP contribution in [0.4, 0.5) is 16.3 Å². The van der Waals surface area contributed by atoms with E-state index < -0.39 is 0 Å². The summed E-state index contributed by atoms with van der Waals surface area (Å²) in [6, 6.07) is 12.3. The van der Waals surface area contributed by atoms with Crippen LogP contribution in [0.5, 0.6) is 0 Å². The van der Waals surface area contributed by atoms with E-state index in [0.29, 0.717) is 36.0 Å². The molecule has 4 aromatic rings. The Morgan fingerprint density at radius 2 is 1.77 bits per heavy atom. The van der Waals surface area contributed by atoms with Gasteiger partial charge in [0, 0.05) is 18.0 Å². The first-order chi connectivity index (χ1) is 15.0. The quantitative estimate of drug-likeness (QED) is 0.518. The number of carbonyl (C=O) groups excluding carboxylic acids is 1. The van der Waals surface area contributed by atoms with Crippen LogP contribution in [0.2, 0.25) is 0 Å². The Labute approximate surface area is 178 Å². The minimum absolute atomic E-state index is 0.00436. The zero-order valence-corrected chi connectivity index (χ0v) is 17.2. The molecule has 0 saturated carbocycles. The predicted molar refractivity (Wildman–Crippen MR) is 116 cm³/mol. The number of hydrogen-bond donors (Lipinski definition) is 1. The third-order valence-electron chi connectivity index (χ3n) is 5.65. The molecule has 2 aromatic heterocycles. The van der Waals surface area contributed by atoms with Gasteiger partial charge in [0.2, 0.25) is 11.9 Å². The average molecular weight is 413 g/mol. The van der Waals surface area contributed by atoms with Crippen molar-refractivity contribution >= 4 is 28.6 Å². The lowest BCUT2D eigenvalue weighted by Crippen LogP contribution is -2.21. The van der Waals surface area contributed by atoms with Crippen LogP contribution in [0.1, 0.15) is 45.2 Å². The number of anilines is 2. The van der Waals surface area contributed by atoms with Gasteiger partial charge in [-0.3, -0.25) is 10.1 Å². The highest BCUT2D eigenvalue weighted by Gasteiger charge is 2.28. The maximum Gasteiger partial charge on any atom is 0.230 e. The van der Waals surface area contributed by atoms with Crippen LogP contribution in [-0.2, 0) is 6.42 Å². The number of aromatic nitrogens is 4. The first-order valence-corrected chi connectivity index (χ1v) is 10.1. The van der Waals surface area contributed by atoms with Crippen molar-refractivity contribution in [3.63, 3.8) is 0 Å². The number of nitrogens with zero attached hydrogens (tertiary/aromatic N) is 4. The van der Waals surface area contributed by atoms with Crippen LogP contribution in [0.3, 0.4) is 0 Å². The Balaban J connectivity index is 1.44. The summed E-state index contributed by atoms with van der Waals surface area (Å²) in [7, 11) is 0. The van der Waals surface area contributed by atoms with Crippen molar-refractivity contribution in [2.45, 2.75) is 32.6 Å². The minimum atomic E-state index is -0.291. The summed E-state index contributed by atoms with van der Waals surface area (Å²) in [6.07, 6.45) is 2.51. The number of carbonyl (C=O) groups is 1. The number of rotatable bonds is 3. The second-order valence-electron chi connectivity index (χ2n) is 7.91. The highest BCUT2D eigenvalue weighted by molar-refractivity contribution is 5.98. The molecule has 6 nitrogen and oxygen atoms in total. The summed E-state index contributed by atoms with van der Waals surface area (Å²) in [5.74, 6) is 0.421. The fraction of sp³-hybridized carbons (Fsp3) is 0.208. The van der Waals surface area contributed by atoms with Crippen molar-refractivity contribution in [1.29, 1.82) is 0 Å². The Morgan fingerprint density at radius 1 is 0.968 bits per heavy atom. The summed E-state index contributed by atoms with van der Waals surface area (Å²) < 4.78 is 13.3. The van der Waals surface area contributed by atoms with Crippen LogP contribution >= 0.6 is 0 Å². The number of hydrogen-bond acceptors (Lipinski definition) is 6. The summed E-state index contributed by atoms with van der Waals surface area (Å²) in [4.78, 5) is 30.6. The zero-order chi connectivity index (χ0) is 21.5. The van der Waals surface area contributed by atoms with Gasteiger partial charge in [-0.15, -0.1) is 0 Å². The highest BCUT2D eigenvalue weighted by Crippen LogP contribution is 2.32. The Kier molecular flexibility index (Phi) is 4.66. The van der Waals surface area contributed by atoms with Gasteiger partial charge in [-0.2, -0.15) is 0 Å². The van der Waals surface area contributed by atoms with Crippen LogP contribution in [-0.4, -0.2) is 25.7 Å². The van der Waals surface area contributed by atoms with Crippen LogP contribution in [0.25, 0.3) is 10.9 Å². The summed E-state index contributed by atoms with van der Waals surface area (Å²) >= 11 is 0. The molecular formula is C24H20FN5O. The van der Waals surface area contributed by atoms with E-state index in [1.807, 2.05) is 26.0 Å². The number of halogens is 1.